The number of carbonyl (C=O) groups excluding carboxylic acids is 1. The van der Waals surface area contributed by atoms with Crippen molar-refractivity contribution in [2.75, 3.05) is 18.0 Å². The first kappa shape index (κ1) is 12.6. The minimum Gasteiger partial charge on any atom is -0.357 e. The summed E-state index contributed by atoms with van der Waals surface area (Å²) < 4.78 is 0. The Morgan fingerprint density at radius 2 is 1.94 bits per heavy atom. The van der Waals surface area contributed by atoms with Crippen LogP contribution in [0.3, 0.4) is 0 Å². The third-order valence-electron chi connectivity index (χ3n) is 3.25. The van der Waals surface area contributed by atoms with Crippen LogP contribution in [0.15, 0.2) is 24.3 Å². The fourth-order valence-electron chi connectivity index (χ4n) is 2.18. The molecule has 0 saturated carbocycles. The van der Waals surface area contributed by atoms with Gasteiger partial charge in [0.05, 0.1) is 5.52 Å². The van der Waals surface area contributed by atoms with E-state index in [9.17, 15) is 4.79 Å². The number of anilines is 1. The number of nitrogens with zero attached hydrogens (tertiary/aromatic N) is 2. The highest BCUT2D eigenvalue weighted by molar-refractivity contribution is 5.89. The summed E-state index contributed by atoms with van der Waals surface area (Å²) in [6.07, 6.45) is 0.862. The van der Waals surface area contributed by atoms with Gasteiger partial charge in [-0.05, 0) is 38.5 Å². The largest absolute Gasteiger partial charge is 0.357 e. The molecule has 94 valence electrons. The Morgan fingerprint density at radius 3 is 2.56 bits per heavy atom. The molecule has 2 rings (SSSR count). The molecule has 1 aromatic carbocycles. The van der Waals surface area contributed by atoms with Crippen LogP contribution < -0.4 is 4.90 Å². The molecule has 0 aliphatic heterocycles. The summed E-state index contributed by atoms with van der Waals surface area (Å²) in [7, 11) is 0. The van der Waals surface area contributed by atoms with Crippen molar-refractivity contribution in [2.45, 2.75) is 20.8 Å². The Hall–Kier alpha value is -1.90. The molecule has 2 aromatic rings. The number of aldehydes is 1. The lowest BCUT2D eigenvalue weighted by Gasteiger charge is -2.20. The minimum absolute atomic E-state index is 0.672. The highest BCUT2D eigenvalue weighted by Crippen LogP contribution is 2.23. The second-order valence-electron chi connectivity index (χ2n) is 4.36. The smallest absolute Gasteiger partial charge is 0.150 e. The van der Waals surface area contributed by atoms with Crippen LogP contribution in [0, 0.1) is 6.92 Å². The zero-order chi connectivity index (χ0) is 13.1. The van der Waals surface area contributed by atoms with Gasteiger partial charge in [-0.25, -0.2) is 4.98 Å². The number of fused-ring (bicyclic) bond motifs is 1. The first-order valence-electron chi connectivity index (χ1n) is 6.31. The highest BCUT2D eigenvalue weighted by atomic mass is 16.1. The van der Waals surface area contributed by atoms with E-state index < -0.39 is 0 Å². The Balaban J connectivity index is 2.61. The van der Waals surface area contributed by atoms with Crippen LogP contribution in [-0.4, -0.2) is 24.4 Å². The molecule has 0 atom stereocenters. The molecular weight excluding hydrogens is 224 g/mol. The first-order chi connectivity index (χ1) is 8.69. The summed E-state index contributed by atoms with van der Waals surface area (Å²) in [5.74, 6) is 0.980. The molecule has 0 radical (unpaired) electrons. The van der Waals surface area contributed by atoms with Crippen LogP contribution in [0.2, 0.25) is 0 Å². The van der Waals surface area contributed by atoms with Gasteiger partial charge in [-0.1, -0.05) is 12.1 Å². The van der Waals surface area contributed by atoms with Crippen molar-refractivity contribution in [3.05, 3.63) is 35.4 Å². The molecular formula is C15H18N2O. The molecule has 0 bridgehead atoms. The first-order valence-corrected chi connectivity index (χ1v) is 6.31. The monoisotopic (exact) mass is 242 g/mol. The fraction of sp³-hybridized carbons (Fsp3) is 0.333. The van der Waals surface area contributed by atoms with E-state index in [1.807, 2.05) is 18.2 Å². The molecule has 0 spiro atoms. The third-order valence-corrected chi connectivity index (χ3v) is 3.25. The van der Waals surface area contributed by atoms with E-state index in [0.717, 1.165) is 36.1 Å². The molecule has 0 unspecified atom stereocenters. The van der Waals surface area contributed by atoms with Crippen molar-refractivity contribution in [2.24, 2.45) is 0 Å². The fourth-order valence-corrected chi connectivity index (χ4v) is 2.18. The topological polar surface area (TPSA) is 33.2 Å². The van der Waals surface area contributed by atoms with Crippen LogP contribution in [-0.2, 0) is 0 Å². The van der Waals surface area contributed by atoms with Crippen molar-refractivity contribution in [3.8, 4) is 0 Å². The van der Waals surface area contributed by atoms with Crippen LogP contribution in [0.5, 0.6) is 0 Å². The van der Waals surface area contributed by atoms with Crippen molar-refractivity contribution in [3.63, 3.8) is 0 Å². The Morgan fingerprint density at radius 1 is 1.22 bits per heavy atom. The average Bonchev–Trinajstić information content (AvgIpc) is 2.39. The maximum absolute atomic E-state index is 10.8. The number of aromatic nitrogens is 1. The Kier molecular flexibility index (Phi) is 3.60. The lowest BCUT2D eigenvalue weighted by atomic mass is 10.1. The lowest BCUT2D eigenvalue weighted by molar-refractivity contribution is 0.112. The summed E-state index contributed by atoms with van der Waals surface area (Å²) >= 11 is 0. The molecule has 0 N–H and O–H groups in total. The predicted octanol–water partition coefficient (Wildman–Crippen LogP) is 3.20. The lowest BCUT2D eigenvalue weighted by Crippen LogP contribution is -2.23. The number of carbonyl (C=O) groups is 1. The van der Waals surface area contributed by atoms with Gasteiger partial charge in [-0.15, -0.1) is 0 Å². The van der Waals surface area contributed by atoms with Crippen LogP contribution in [0.1, 0.15) is 29.8 Å². The van der Waals surface area contributed by atoms with E-state index in [2.05, 4.69) is 36.7 Å². The Labute approximate surface area is 107 Å². The molecule has 0 amide bonds. The Bertz CT molecular complexity index is 574. The summed E-state index contributed by atoms with van der Waals surface area (Å²) in [4.78, 5) is 17.7. The average molecular weight is 242 g/mol. The number of hydrogen-bond donors (Lipinski definition) is 0. The number of pyridine rings is 1. The second-order valence-corrected chi connectivity index (χ2v) is 4.36. The molecule has 0 fully saturated rings. The van der Waals surface area contributed by atoms with Gasteiger partial charge in [0.2, 0.25) is 0 Å². The van der Waals surface area contributed by atoms with Gasteiger partial charge in [0.1, 0.15) is 12.1 Å². The third kappa shape index (κ3) is 2.21. The molecule has 18 heavy (non-hydrogen) atoms. The zero-order valence-electron chi connectivity index (χ0n) is 11.1. The van der Waals surface area contributed by atoms with Gasteiger partial charge >= 0.3 is 0 Å². The van der Waals surface area contributed by atoms with Gasteiger partial charge in [0, 0.05) is 24.0 Å². The number of aryl methyl sites for hydroxylation is 1. The van der Waals surface area contributed by atoms with Gasteiger partial charge < -0.3 is 4.90 Å². The van der Waals surface area contributed by atoms with E-state index in [-0.39, 0.29) is 0 Å². The molecule has 3 nitrogen and oxygen atoms in total. The summed E-state index contributed by atoms with van der Waals surface area (Å²) in [6, 6.07) is 7.76. The summed E-state index contributed by atoms with van der Waals surface area (Å²) in [5, 5.41) is 1.11. The summed E-state index contributed by atoms with van der Waals surface area (Å²) in [5.41, 5.74) is 2.76. The van der Waals surface area contributed by atoms with E-state index in [0.29, 0.717) is 5.56 Å². The molecule has 0 saturated heterocycles. The summed E-state index contributed by atoms with van der Waals surface area (Å²) in [6.45, 7) is 8.18. The normalized spacial score (nSPS) is 10.6. The minimum atomic E-state index is 0.672. The predicted molar refractivity (Wildman–Crippen MR) is 75.4 cm³/mol. The molecule has 1 heterocycles. The second kappa shape index (κ2) is 5.17. The van der Waals surface area contributed by atoms with Gasteiger partial charge in [-0.3, -0.25) is 4.79 Å². The van der Waals surface area contributed by atoms with Crippen molar-refractivity contribution in [1.82, 2.24) is 4.98 Å². The number of rotatable bonds is 4. The molecule has 1 aromatic heterocycles. The van der Waals surface area contributed by atoms with E-state index in [1.54, 1.807) is 0 Å². The van der Waals surface area contributed by atoms with Crippen LogP contribution in [0.4, 0.5) is 5.82 Å². The number of benzene rings is 1. The highest BCUT2D eigenvalue weighted by Gasteiger charge is 2.07. The van der Waals surface area contributed by atoms with E-state index >= 15 is 0 Å². The van der Waals surface area contributed by atoms with Gasteiger partial charge in [0.15, 0.2) is 0 Å². The van der Waals surface area contributed by atoms with Crippen LogP contribution in [0.25, 0.3) is 10.9 Å². The van der Waals surface area contributed by atoms with E-state index in [1.165, 1.54) is 5.56 Å². The quantitative estimate of drug-likeness (QED) is 0.772. The SMILES string of the molecule is CCN(CC)c1cc(C)c2ccc(C=O)cc2n1. The van der Waals surface area contributed by atoms with Gasteiger partial charge in [0.25, 0.3) is 0 Å². The van der Waals surface area contributed by atoms with Gasteiger partial charge in [-0.2, -0.15) is 0 Å². The van der Waals surface area contributed by atoms with Crippen molar-refractivity contribution >= 4 is 23.0 Å². The maximum Gasteiger partial charge on any atom is 0.150 e. The van der Waals surface area contributed by atoms with Crippen molar-refractivity contribution < 1.29 is 4.79 Å². The van der Waals surface area contributed by atoms with E-state index in [4.69, 9.17) is 0 Å². The maximum atomic E-state index is 10.8. The standard InChI is InChI=1S/C15H18N2O/c1-4-17(5-2)15-8-11(3)13-7-6-12(10-18)9-14(13)16-15/h6-10H,4-5H2,1-3H3. The van der Waals surface area contributed by atoms with Crippen LogP contribution >= 0.6 is 0 Å². The van der Waals surface area contributed by atoms with Crippen molar-refractivity contribution in [1.29, 1.82) is 0 Å². The molecule has 3 heteroatoms. The molecule has 0 aliphatic carbocycles. The number of hydrogen-bond acceptors (Lipinski definition) is 3. The zero-order valence-corrected chi connectivity index (χ0v) is 11.1. The molecule has 0 aliphatic rings.